The summed E-state index contributed by atoms with van der Waals surface area (Å²) in [6, 6.07) is 13.3. The van der Waals surface area contributed by atoms with E-state index in [1.807, 2.05) is 43.3 Å². The minimum absolute atomic E-state index is 0.114. The zero-order chi connectivity index (χ0) is 18.4. The summed E-state index contributed by atoms with van der Waals surface area (Å²) in [5, 5.41) is 11.2. The molecule has 0 spiro atoms. The first-order chi connectivity index (χ1) is 11.9. The fraction of sp³-hybridized carbons (Fsp3) is 0.278. The third-order valence-corrected chi connectivity index (χ3v) is 5.03. The summed E-state index contributed by atoms with van der Waals surface area (Å²) >= 11 is 0. The largest absolute Gasteiger partial charge is 0.383 e. The molecule has 0 aromatic heterocycles. The molecule has 0 fully saturated rings. The van der Waals surface area contributed by atoms with Crippen LogP contribution in [0.2, 0.25) is 0 Å². The number of hydrogen-bond acceptors (Lipinski definition) is 5. The number of nitriles is 1. The molecule has 7 heteroatoms. The van der Waals surface area contributed by atoms with Gasteiger partial charge in [-0.3, -0.25) is 0 Å². The summed E-state index contributed by atoms with van der Waals surface area (Å²) in [6.07, 6.45) is 1.37. The van der Waals surface area contributed by atoms with Gasteiger partial charge in [0.05, 0.1) is 6.61 Å². The molecule has 0 saturated heterocycles. The number of nitrogens with one attached hydrogen (secondary N) is 1. The van der Waals surface area contributed by atoms with Crippen LogP contribution in [0.4, 0.5) is 5.69 Å². The van der Waals surface area contributed by atoms with Crippen molar-refractivity contribution in [2.24, 2.45) is 0 Å². The van der Waals surface area contributed by atoms with E-state index in [4.69, 9.17) is 4.74 Å². The van der Waals surface area contributed by atoms with E-state index in [1.54, 1.807) is 12.1 Å². The number of methoxy groups -OCH3 is 1. The van der Waals surface area contributed by atoms with E-state index in [2.05, 4.69) is 10.8 Å². The lowest BCUT2D eigenvalue weighted by Crippen LogP contribution is -2.27. The maximum Gasteiger partial charge on any atom is 0.250 e. The number of nitrogens with zero attached hydrogens (tertiary/aromatic N) is 2. The average molecular weight is 359 g/mol. The minimum Gasteiger partial charge on any atom is -0.383 e. The molecule has 1 N–H and O–H groups in total. The molecule has 132 valence electrons. The first kappa shape index (κ1) is 18.9. The van der Waals surface area contributed by atoms with Gasteiger partial charge < -0.3 is 9.64 Å². The van der Waals surface area contributed by atoms with Crippen LogP contribution in [0.25, 0.3) is 16.8 Å². The number of fused-ring (bicyclic) bond motifs is 1. The van der Waals surface area contributed by atoms with Crippen LogP contribution in [0.5, 0.6) is 0 Å². The number of hydrogen-bond donors (Lipinski definition) is 1. The third kappa shape index (κ3) is 4.79. The zero-order valence-corrected chi connectivity index (χ0v) is 15.3. The first-order valence-corrected chi connectivity index (χ1v) is 9.17. The Bertz CT molecular complexity index is 928. The standard InChI is InChI=1S/C18H21N3O3S/c1-21(2)17-7-6-15-10-14(4-5-16(15)12-17)11-18(13-19)25(22,23)20-8-9-24-3/h4-7,10-12,20H,8-9H2,1-3H3/b18-11+. The fourth-order valence-electron chi connectivity index (χ4n) is 2.30. The molecule has 0 atom stereocenters. The molecule has 0 aliphatic heterocycles. The van der Waals surface area contributed by atoms with Crippen LogP contribution in [-0.2, 0) is 14.8 Å². The molecule has 0 saturated carbocycles. The lowest BCUT2D eigenvalue weighted by Gasteiger charge is -2.13. The molecule has 0 bridgehead atoms. The Balaban J connectivity index is 2.35. The number of anilines is 1. The molecular formula is C18H21N3O3S. The van der Waals surface area contributed by atoms with Crippen LogP contribution >= 0.6 is 0 Å². The van der Waals surface area contributed by atoms with Gasteiger partial charge in [-0.1, -0.05) is 18.2 Å². The van der Waals surface area contributed by atoms with Crippen LogP contribution in [0.15, 0.2) is 41.3 Å². The predicted octanol–water partition coefficient (Wildman–Crippen LogP) is 2.34. The first-order valence-electron chi connectivity index (χ1n) is 7.69. The van der Waals surface area contributed by atoms with Gasteiger partial charge in [-0.25, -0.2) is 13.1 Å². The Kier molecular flexibility index (Phi) is 6.15. The molecule has 0 aliphatic carbocycles. The van der Waals surface area contributed by atoms with Crippen molar-refractivity contribution in [3.63, 3.8) is 0 Å². The molecule has 0 amide bonds. The number of allylic oxidation sites excluding steroid dienone is 1. The molecule has 6 nitrogen and oxygen atoms in total. The van der Waals surface area contributed by atoms with Crippen molar-refractivity contribution in [3.8, 4) is 6.07 Å². The van der Waals surface area contributed by atoms with Gasteiger partial charge in [0.2, 0.25) is 0 Å². The Morgan fingerprint density at radius 3 is 2.56 bits per heavy atom. The maximum absolute atomic E-state index is 12.2. The van der Waals surface area contributed by atoms with Gasteiger partial charge in [0, 0.05) is 33.4 Å². The number of benzene rings is 2. The molecule has 2 rings (SSSR count). The number of ether oxygens (including phenoxy) is 1. The summed E-state index contributed by atoms with van der Waals surface area (Å²) < 4.78 is 31.5. The Labute approximate surface area is 148 Å². The van der Waals surface area contributed by atoms with Crippen molar-refractivity contribution in [1.82, 2.24) is 4.72 Å². The lowest BCUT2D eigenvalue weighted by atomic mass is 10.1. The average Bonchev–Trinajstić information content (AvgIpc) is 2.58. The van der Waals surface area contributed by atoms with Gasteiger partial charge in [0.15, 0.2) is 4.91 Å². The zero-order valence-electron chi connectivity index (χ0n) is 14.5. The van der Waals surface area contributed by atoms with Crippen molar-refractivity contribution >= 4 is 32.6 Å². The maximum atomic E-state index is 12.2. The molecule has 2 aromatic carbocycles. The summed E-state index contributed by atoms with van der Waals surface area (Å²) in [7, 11) is 1.57. The van der Waals surface area contributed by atoms with Gasteiger partial charge in [0.25, 0.3) is 10.0 Å². The highest BCUT2D eigenvalue weighted by Gasteiger charge is 2.16. The molecule has 0 aliphatic rings. The highest BCUT2D eigenvalue weighted by atomic mass is 32.2. The Hall–Kier alpha value is -2.40. The summed E-state index contributed by atoms with van der Waals surface area (Å²) in [4.78, 5) is 1.69. The van der Waals surface area contributed by atoms with Crippen LogP contribution in [0.1, 0.15) is 5.56 Å². The summed E-state index contributed by atoms with van der Waals surface area (Å²) in [5.74, 6) is 0. The van der Waals surface area contributed by atoms with E-state index in [-0.39, 0.29) is 18.1 Å². The topological polar surface area (TPSA) is 82.4 Å². The molecular weight excluding hydrogens is 338 g/mol. The third-order valence-electron chi connectivity index (χ3n) is 3.66. The molecule has 25 heavy (non-hydrogen) atoms. The smallest absolute Gasteiger partial charge is 0.250 e. The second kappa shape index (κ2) is 8.12. The van der Waals surface area contributed by atoms with Crippen molar-refractivity contribution in [1.29, 1.82) is 5.26 Å². The fourth-order valence-corrected chi connectivity index (χ4v) is 3.22. The summed E-state index contributed by atoms with van der Waals surface area (Å²) in [5.41, 5.74) is 1.73. The highest BCUT2D eigenvalue weighted by molar-refractivity contribution is 7.93. The van der Waals surface area contributed by atoms with Gasteiger partial charge in [-0.2, -0.15) is 5.26 Å². The summed E-state index contributed by atoms with van der Waals surface area (Å²) in [6.45, 7) is 0.352. The normalized spacial score (nSPS) is 12.2. The minimum atomic E-state index is -3.85. The predicted molar refractivity (Wildman–Crippen MR) is 101 cm³/mol. The van der Waals surface area contributed by atoms with E-state index in [9.17, 15) is 13.7 Å². The number of sulfonamides is 1. The molecule has 0 radical (unpaired) electrons. The molecule has 0 unspecified atom stereocenters. The van der Waals surface area contributed by atoms with Gasteiger partial charge in [0.1, 0.15) is 6.07 Å². The van der Waals surface area contributed by atoms with Crippen LogP contribution < -0.4 is 9.62 Å². The van der Waals surface area contributed by atoms with Crippen LogP contribution in [0, 0.1) is 11.3 Å². The van der Waals surface area contributed by atoms with E-state index in [1.165, 1.54) is 13.2 Å². The second-order valence-corrected chi connectivity index (χ2v) is 7.43. The van der Waals surface area contributed by atoms with Crippen LogP contribution in [0.3, 0.4) is 0 Å². The van der Waals surface area contributed by atoms with Crippen molar-refractivity contribution < 1.29 is 13.2 Å². The van der Waals surface area contributed by atoms with E-state index < -0.39 is 10.0 Å². The van der Waals surface area contributed by atoms with Gasteiger partial charge >= 0.3 is 0 Å². The van der Waals surface area contributed by atoms with Crippen LogP contribution in [-0.4, -0.2) is 42.8 Å². The second-order valence-electron chi connectivity index (χ2n) is 5.70. The lowest BCUT2D eigenvalue weighted by molar-refractivity contribution is 0.204. The molecule has 2 aromatic rings. The van der Waals surface area contributed by atoms with Gasteiger partial charge in [-0.15, -0.1) is 0 Å². The van der Waals surface area contributed by atoms with Gasteiger partial charge in [-0.05, 0) is 40.6 Å². The van der Waals surface area contributed by atoms with Crippen molar-refractivity contribution in [2.75, 3.05) is 39.3 Å². The van der Waals surface area contributed by atoms with E-state index >= 15 is 0 Å². The van der Waals surface area contributed by atoms with Crippen molar-refractivity contribution in [2.45, 2.75) is 0 Å². The molecule has 0 heterocycles. The number of rotatable bonds is 7. The highest BCUT2D eigenvalue weighted by Crippen LogP contribution is 2.23. The van der Waals surface area contributed by atoms with Crippen molar-refractivity contribution in [3.05, 3.63) is 46.9 Å². The van der Waals surface area contributed by atoms with E-state index in [0.717, 1.165) is 16.5 Å². The SMILES string of the molecule is COCCNS(=O)(=O)/C(C#N)=C/c1ccc2cc(N(C)C)ccc2c1. The van der Waals surface area contributed by atoms with E-state index in [0.29, 0.717) is 5.56 Å². The monoisotopic (exact) mass is 359 g/mol. The Morgan fingerprint density at radius 2 is 1.92 bits per heavy atom. The Morgan fingerprint density at radius 1 is 1.24 bits per heavy atom. The quantitative estimate of drug-likeness (QED) is 0.606.